The first-order valence-electron chi connectivity index (χ1n) is 4.20. The van der Waals surface area contributed by atoms with Gasteiger partial charge in [0.05, 0.1) is 11.4 Å². The smallest absolute Gasteiger partial charge is 0.0764 e. The van der Waals surface area contributed by atoms with Gasteiger partial charge in [-0.1, -0.05) is 18.2 Å². The number of benzene rings is 1. The summed E-state index contributed by atoms with van der Waals surface area (Å²) in [6.07, 6.45) is 1.91. The second-order valence-corrected chi connectivity index (χ2v) is 2.79. The largest absolute Gasteiger partial charge is 0.325 e. The highest BCUT2D eigenvalue weighted by Gasteiger charge is 1.97. The van der Waals surface area contributed by atoms with Crippen LogP contribution >= 0.6 is 12.4 Å². The van der Waals surface area contributed by atoms with Crippen molar-refractivity contribution in [1.29, 1.82) is 0 Å². The molecule has 0 aliphatic rings. The Balaban J connectivity index is 0.000000980. The molecule has 0 bridgehead atoms. The third-order valence-electron chi connectivity index (χ3n) is 1.87. The first-order valence-corrected chi connectivity index (χ1v) is 4.20. The minimum Gasteiger partial charge on any atom is -0.325 e. The van der Waals surface area contributed by atoms with E-state index in [2.05, 4.69) is 5.10 Å². The molecule has 2 aromatic rings. The maximum Gasteiger partial charge on any atom is 0.0764 e. The van der Waals surface area contributed by atoms with Crippen LogP contribution in [0.3, 0.4) is 0 Å². The maximum absolute atomic E-state index is 5.47. The van der Waals surface area contributed by atoms with Gasteiger partial charge < -0.3 is 5.73 Å². The zero-order valence-electron chi connectivity index (χ0n) is 7.63. The lowest BCUT2D eigenvalue weighted by atomic mass is 10.3. The molecule has 1 aromatic heterocycles. The molecule has 4 heteroatoms. The second kappa shape index (κ2) is 4.79. The van der Waals surface area contributed by atoms with E-state index in [-0.39, 0.29) is 12.4 Å². The van der Waals surface area contributed by atoms with Gasteiger partial charge in [0.1, 0.15) is 0 Å². The third-order valence-corrected chi connectivity index (χ3v) is 1.87. The number of nitrogens with two attached hydrogens (primary N) is 1. The fraction of sp³-hybridized carbons (Fsp3) is 0.100. The highest BCUT2D eigenvalue weighted by atomic mass is 35.5. The Labute approximate surface area is 89.0 Å². The van der Waals surface area contributed by atoms with Crippen LogP contribution in [0.5, 0.6) is 0 Å². The van der Waals surface area contributed by atoms with Crippen LogP contribution in [0, 0.1) is 0 Å². The molecular formula is C10H12ClN3. The van der Waals surface area contributed by atoms with Crippen molar-refractivity contribution in [3.8, 4) is 5.69 Å². The fourth-order valence-corrected chi connectivity index (χ4v) is 1.20. The Morgan fingerprint density at radius 2 is 1.86 bits per heavy atom. The van der Waals surface area contributed by atoms with Crippen LogP contribution in [0.2, 0.25) is 0 Å². The SMILES string of the molecule is Cl.NCc1ccn(-c2ccccc2)n1. The van der Waals surface area contributed by atoms with E-state index in [4.69, 9.17) is 5.73 Å². The van der Waals surface area contributed by atoms with E-state index in [0.29, 0.717) is 6.54 Å². The Kier molecular flexibility index (Phi) is 3.68. The zero-order chi connectivity index (χ0) is 9.10. The van der Waals surface area contributed by atoms with Gasteiger partial charge in [0.2, 0.25) is 0 Å². The molecule has 3 nitrogen and oxygen atoms in total. The van der Waals surface area contributed by atoms with Crippen molar-refractivity contribution in [1.82, 2.24) is 9.78 Å². The van der Waals surface area contributed by atoms with Gasteiger partial charge in [-0.25, -0.2) is 4.68 Å². The topological polar surface area (TPSA) is 43.8 Å². The van der Waals surface area contributed by atoms with Crippen LogP contribution in [0.25, 0.3) is 5.69 Å². The molecule has 0 spiro atoms. The average Bonchev–Trinajstić information content (AvgIpc) is 2.67. The maximum atomic E-state index is 5.47. The Bertz CT molecular complexity index is 383. The summed E-state index contributed by atoms with van der Waals surface area (Å²) < 4.78 is 1.82. The molecule has 0 atom stereocenters. The van der Waals surface area contributed by atoms with Gasteiger partial charge >= 0.3 is 0 Å². The predicted octanol–water partition coefficient (Wildman–Crippen LogP) is 1.75. The molecule has 2 rings (SSSR count). The molecule has 0 radical (unpaired) electrons. The lowest BCUT2D eigenvalue weighted by Crippen LogP contribution is -1.99. The number of halogens is 1. The van der Waals surface area contributed by atoms with Crippen molar-refractivity contribution in [2.24, 2.45) is 5.73 Å². The van der Waals surface area contributed by atoms with Gasteiger partial charge in [-0.05, 0) is 18.2 Å². The summed E-state index contributed by atoms with van der Waals surface area (Å²) in [4.78, 5) is 0. The van der Waals surface area contributed by atoms with Crippen molar-refractivity contribution in [2.75, 3.05) is 0 Å². The van der Waals surface area contributed by atoms with Crippen molar-refractivity contribution in [3.05, 3.63) is 48.3 Å². The summed E-state index contributed by atoms with van der Waals surface area (Å²) in [6, 6.07) is 11.9. The minimum atomic E-state index is 0. The van der Waals surface area contributed by atoms with Gasteiger partial charge in [0.25, 0.3) is 0 Å². The molecule has 0 aliphatic heterocycles. The van der Waals surface area contributed by atoms with Gasteiger partial charge in [0.15, 0.2) is 0 Å². The molecule has 74 valence electrons. The number of hydrogen-bond donors (Lipinski definition) is 1. The van der Waals surface area contributed by atoms with E-state index in [9.17, 15) is 0 Å². The molecule has 0 saturated heterocycles. The van der Waals surface area contributed by atoms with E-state index in [1.165, 1.54) is 0 Å². The molecule has 0 saturated carbocycles. The lowest BCUT2D eigenvalue weighted by Gasteiger charge is -1.98. The summed E-state index contributed by atoms with van der Waals surface area (Å²) in [6.45, 7) is 0.486. The van der Waals surface area contributed by atoms with Gasteiger partial charge in [0, 0.05) is 12.7 Å². The molecule has 0 amide bonds. The van der Waals surface area contributed by atoms with Crippen LogP contribution < -0.4 is 5.73 Å². The lowest BCUT2D eigenvalue weighted by molar-refractivity contribution is 0.833. The number of aromatic nitrogens is 2. The molecule has 1 heterocycles. The van der Waals surface area contributed by atoms with Crippen molar-refractivity contribution in [2.45, 2.75) is 6.54 Å². The second-order valence-electron chi connectivity index (χ2n) is 2.79. The highest BCUT2D eigenvalue weighted by molar-refractivity contribution is 5.85. The summed E-state index contributed by atoms with van der Waals surface area (Å²) in [5, 5.41) is 4.29. The van der Waals surface area contributed by atoms with E-state index >= 15 is 0 Å². The highest BCUT2D eigenvalue weighted by Crippen LogP contribution is 2.05. The van der Waals surface area contributed by atoms with Gasteiger partial charge in [-0.2, -0.15) is 5.10 Å². The monoisotopic (exact) mass is 209 g/mol. The van der Waals surface area contributed by atoms with E-state index < -0.39 is 0 Å². The van der Waals surface area contributed by atoms with Crippen LogP contribution in [0.1, 0.15) is 5.69 Å². The third kappa shape index (κ3) is 2.13. The molecule has 0 fully saturated rings. The van der Waals surface area contributed by atoms with Crippen molar-refractivity contribution in [3.63, 3.8) is 0 Å². The summed E-state index contributed by atoms with van der Waals surface area (Å²) >= 11 is 0. The molecule has 0 unspecified atom stereocenters. The molecule has 1 aromatic carbocycles. The van der Waals surface area contributed by atoms with E-state index in [0.717, 1.165) is 11.4 Å². The average molecular weight is 210 g/mol. The van der Waals surface area contributed by atoms with Crippen molar-refractivity contribution < 1.29 is 0 Å². The quantitative estimate of drug-likeness (QED) is 0.819. The summed E-state index contributed by atoms with van der Waals surface area (Å²) in [7, 11) is 0. The first kappa shape index (κ1) is 10.8. The Hall–Kier alpha value is -1.32. The van der Waals surface area contributed by atoms with Crippen LogP contribution in [0.4, 0.5) is 0 Å². The molecule has 14 heavy (non-hydrogen) atoms. The molecular weight excluding hydrogens is 198 g/mol. The number of rotatable bonds is 2. The molecule has 2 N–H and O–H groups in total. The van der Waals surface area contributed by atoms with E-state index in [1.54, 1.807) is 0 Å². The van der Waals surface area contributed by atoms with Crippen molar-refractivity contribution >= 4 is 12.4 Å². The van der Waals surface area contributed by atoms with Crippen LogP contribution in [0.15, 0.2) is 42.6 Å². The number of nitrogens with zero attached hydrogens (tertiary/aromatic N) is 2. The zero-order valence-corrected chi connectivity index (χ0v) is 8.45. The number of para-hydroxylation sites is 1. The fourth-order valence-electron chi connectivity index (χ4n) is 1.20. The summed E-state index contributed by atoms with van der Waals surface area (Å²) in [5.41, 5.74) is 7.43. The van der Waals surface area contributed by atoms with Gasteiger partial charge in [-0.3, -0.25) is 0 Å². The minimum absolute atomic E-state index is 0. The molecule has 0 aliphatic carbocycles. The standard InChI is InChI=1S/C10H11N3.ClH/c11-8-9-6-7-13(12-9)10-4-2-1-3-5-10;/h1-7H,8,11H2;1H. The number of hydrogen-bond acceptors (Lipinski definition) is 2. The Morgan fingerprint density at radius 3 is 2.43 bits per heavy atom. The van der Waals surface area contributed by atoms with Gasteiger partial charge in [-0.15, -0.1) is 12.4 Å². The normalized spacial score (nSPS) is 9.50. The van der Waals surface area contributed by atoms with E-state index in [1.807, 2.05) is 47.3 Å². The van der Waals surface area contributed by atoms with Crippen LogP contribution in [-0.2, 0) is 6.54 Å². The first-order chi connectivity index (χ1) is 6.40. The van der Waals surface area contributed by atoms with Crippen LogP contribution in [-0.4, -0.2) is 9.78 Å². The Morgan fingerprint density at radius 1 is 1.14 bits per heavy atom. The predicted molar refractivity (Wildman–Crippen MR) is 58.7 cm³/mol. The summed E-state index contributed by atoms with van der Waals surface area (Å²) in [5.74, 6) is 0.